The number of carbonyl (C=O) groups excluding carboxylic acids is 1. The molecule has 1 rings (SSSR count). The van der Waals surface area contributed by atoms with Gasteiger partial charge in [0.05, 0.1) is 17.4 Å². The van der Waals surface area contributed by atoms with E-state index >= 15 is 0 Å². The number of carbonyl (C=O) groups is 1. The molecule has 0 aromatic carbocycles. The Balaban J connectivity index is 0.000000810. The fraction of sp³-hybridized carbons (Fsp3) is 0.800. The molecule has 1 aliphatic heterocycles. The van der Waals surface area contributed by atoms with Gasteiger partial charge in [0.15, 0.2) is 0 Å². The zero-order chi connectivity index (χ0) is 6.85. The first-order valence-electron chi connectivity index (χ1n) is 2.78. The zero-order valence-electron chi connectivity index (χ0n) is 6.09. The van der Waals surface area contributed by atoms with Crippen molar-refractivity contribution in [3.63, 3.8) is 0 Å². The number of hydrogen-bond acceptors (Lipinski definition) is 4. The van der Waals surface area contributed by atoms with E-state index < -0.39 is 12.0 Å². The van der Waals surface area contributed by atoms with Crippen molar-refractivity contribution in [2.45, 2.75) is 18.3 Å². The van der Waals surface area contributed by atoms with E-state index in [1.165, 1.54) is 0 Å². The van der Waals surface area contributed by atoms with Crippen molar-refractivity contribution in [1.29, 1.82) is 0 Å². The third kappa shape index (κ3) is 2.55. The summed E-state index contributed by atoms with van der Waals surface area (Å²) in [5.74, 6) is -0.365. The minimum Gasteiger partial charge on any atom is -0.548 e. The van der Waals surface area contributed by atoms with Crippen LogP contribution in [-0.2, 0) is 4.79 Å². The molecule has 1 aliphatic rings. The van der Waals surface area contributed by atoms with Crippen LogP contribution in [0.1, 0.15) is 6.92 Å². The molecule has 0 radical (unpaired) electrons. The molecular formula is C5H8LiNO2S. The van der Waals surface area contributed by atoms with Crippen molar-refractivity contribution in [3.8, 4) is 0 Å². The molecule has 3 nitrogen and oxygen atoms in total. The van der Waals surface area contributed by atoms with E-state index in [0.717, 1.165) is 0 Å². The Kier molecular flexibility index (Phi) is 4.46. The van der Waals surface area contributed by atoms with Crippen molar-refractivity contribution in [1.82, 2.24) is 5.32 Å². The average Bonchev–Trinajstić information content (AvgIpc) is 2.14. The van der Waals surface area contributed by atoms with Gasteiger partial charge in [-0.15, -0.1) is 11.8 Å². The van der Waals surface area contributed by atoms with Gasteiger partial charge < -0.3 is 9.90 Å². The molecule has 52 valence electrons. The normalized spacial score (nSPS) is 31.3. The maximum atomic E-state index is 10.2. The number of nitrogens with one attached hydrogen (secondary N) is 1. The molecule has 0 aliphatic carbocycles. The van der Waals surface area contributed by atoms with Crippen LogP contribution in [0.4, 0.5) is 0 Å². The van der Waals surface area contributed by atoms with E-state index in [1.807, 2.05) is 6.92 Å². The largest absolute Gasteiger partial charge is 1.00 e. The molecule has 2 unspecified atom stereocenters. The predicted molar refractivity (Wildman–Crippen MR) is 33.9 cm³/mol. The molecule has 5 heteroatoms. The van der Waals surface area contributed by atoms with Crippen LogP contribution in [0.2, 0.25) is 0 Å². The van der Waals surface area contributed by atoms with E-state index in [4.69, 9.17) is 0 Å². The number of carboxylic acid groups (broad SMARTS) is 1. The van der Waals surface area contributed by atoms with E-state index in [1.54, 1.807) is 11.8 Å². The van der Waals surface area contributed by atoms with Crippen molar-refractivity contribution in [2.75, 3.05) is 5.75 Å². The van der Waals surface area contributed by atoms with Gasteiger partial charge in [0.25, 0.3) is 0 Å². The van der Waals surface area contributed by atoms with Gasteiger partial charge in [0.2, 0.25) is 0 Å². The molecule has 1 heterocycles. The molecule has 0 aromatic heterocycles. The summed E-state index contributed by atoms with van der Waals surface area (Å²) in [6.07, 6.45) is 0. The van der Waals surface area contributed by atoms with Gasteiger partial charge in [0.1, 0.15) is 0 Å². The summed E-state index contributed by atoms with van der Waals surface area (Å²) in [5.41, 5.74) is 0. The van der Waals surface area contributed by atoms with E-state index in [2.05, 4.69) is 5.32 Å². The molecule has 10 heavy (non-hydrogen) atoms. The van der Waals surface area contributed by atoms with E-state index in [-0.39, 0.29) is 24.2 Å². The number of thioether (sulfide) groups is 1. The monoisotopic (exact) mass is 153 g/mol. The van der Waals surface area contributed by atoms with E-state index in [0.29, 0.717) is 5.75 Å². The second kappa shape index (κ2) is 4.30. The first-order chi connectivity index (χ1) is 4.20. The summed E-state index contributed by atoms with van der Waals surface area (Å²) in [4.78, 5) is 10.2. The molecule has 2 atom stereocenters. The van der Waals surface area contributed by atoms with Gasteiger partial charge in [-0.2, -0.15) is 0 Å². The number of rotatable bonds is 1. The Labute approximate surface area is 76.1 Å². The van der Waals surface area contributed by atoms with Crippen LogP contribution < -0.4 is 29.3 Å². The first-order valence-corrected chi connectivity index (χ1v) is 3.83. The molecule has 1 fully saturated rings. The first kappa shape index (κ1) is 10.4. The summed E-state index contributed by atoms with van der Waals surface area (Å²) in [6, 6.07) is -0.440. The van der Waals surface area contributed by atoms with Crippen molar-refractivity contribution >= 4 is 17.7 Å². The summed E-state index contributed by atoms with van der Waals surface area (Å²) >= 11 is 1.60. The van der Waals surface area contributed by atoms with Crippen LogP contribution in [0, 0.1) is 0 Å². The maximum absolute atomic E-state index is 10.2. The van der Waals surface area contributed by atoms with Crippen LogP contribution in [0.25, 0.3) is 0 Å². The summed E-state index contributed by atoms with van der Waals surface area (Å²) in [5, 5.41) is 13.3. The fourth-order valence-corrected chi connectivity index (χ4v) is 1.73. The SMILES string of the molecule is CC1NC(C(=O)[O-])CS1.[Li+]. The van der Waals surface area contributed by atoms with Crippen molar-refractivity contribution in [2.24, 2.45) is 0 Å². The van der Waals surface area contributed by atoms with Gasteiger partial charge in [-0.1, -0.05) is 0 Å². The molecular weight excluding hydrogens is 145 g/mol. The number of carboxylic acids is 1. The van der Waals surface area contributed by atoms with Gasteiger partial charge in [-0.25, -0.2) is 0 Å². The Bertz CT molecular complexity index is 133. The van der Waals surface area contributed by atoms with E-state index in [9.17, 15) is 9.90 Å². The quantitative estimate of drug-likeness (QED) is 0.388. The molecule has 1 saturated heterocycles. The molecule has 0 spiro atoms. The van der Waals surface area contributed by atoms with Crippen LogP contribution in [0.3, 0.4) is 0 Å². The Morgan fingerprint density at radius 1 is 1.80 bits per heavy atom. The average molecular weight is 153 g/mol. The number of hydrogen-bond donors (Lipinski definition) is 1. The summed E-state index contributed by atoms with van der Waals surface area (Å²) in [6.45, 7) is 1.94. The number of aliphatic carboxylic acids is 1. The molecule has 0 aromatic rings. The predicted octanol–water partition coefficient (Wildman–Crippen LogP) is -4.21. The minimum absolute atomic E-state index is 0. The standard InChI is InChI=1S/C5H9NO2S.Li/c1-3-6-4(2-9-3)5(7)8;/h3-4,6H,2H2,1H3,(H,7,8);/q;+1/p-1. The summed E-state index contributed by atoms with van der Waals surface area (Å²) in [7, 11) is 0. The fourth-order valence-electron chi connectivity index (χ4n) is 0.756. The maximum Gasteiger partial charge on any atom is 1.00 e. The Morgan fingerprint density at radius 2 is 2.40 bits per heavy atom. The molecule has 1 N–H and O–H groups in total. The third-order valence-corrected chi connectivity index (χ3v) is 2.40. The molecule has 0 amide bonds. The minimum atomic E-state index is -0.994. The van der Waals surface area contributed by atoms with Crippen LogP contribution in [0.15, 0.2) is 0 Å². The topological polar surface area (TPSA) is 52.2 Å². The van der Waals surface area contributed by atoms with Crippen LogP contribution in [-0.4, -0.2) is 23.1 Å². The van der Waals surface area contributed by atoms with Gasteiger partial charge in [-0.3, -0.25) is 5.32 Å². The molecule has 0 saturated carbocycles. The second-order valence-corrected chi connectivity index (χ2v) is 3.39. The second-order valence-electron chi connectivity index (χ2n) is 2.01. The third-order valence-electron chi connectivity index (χ3n) is 1.23. The van der Waals surface area contributed by atoms with Crippen molar-refractivity contribution in [3.05, 3.63) is 0 Å². The zero-order valence-corrected chi connectivity index (χ0v) is 6.90. The Morgan fingerprint density at radius 3 is 2.60 bits per heavy atom. The van der Waals surface area contributed by atoms with Gasteiger partial charge >= 0.3 is 18.9 Å². The smallest absolute Gasteiger partial charge is 0.548 e. The van der Waals surface area contributed by atoms with Crippen LogP contribution in [0.5, 0.6) is 0 Å². The van der Waals surface area contributed by atoms with Gasteiger partial charge in [0, 0.05) is 5.75 Å². The van der Waals surface area contributed by atoms with Crippen LogP contribution >= 0.6 is 11.8 Å². The Hall–Kier alpha value is 0.377. The van der Waals surface area contributed by atoms with Gasteiger partial charge in [-0.05, 0) is 6.92 Å². The molecule has 0 bridgehead atoms. The summed E-state index contributed by atoms with van der Waals surface area (Å²) < 4.78 is 0. The van der Waals surface area contributed by atoms with Crippen molar-refractivity contribution < 1.29 is 28.8 Å².